The Morgan fingerprint density at radius 3 is 2.18 bits per heavy atom. The first-order valence-corrected chi connectivity index (χ1v) is 19.1. The molecule has 0 saturated carbocycles. The van der Waals surface area contributed by atoms with E-state index in [9.17, 15) is 34.8 Å². The SMILES string of the molecule is NC[C@H]1O[C@@H](O[C@@H](c2cn(CCCCCCCCCCOc3ccc(C(=O)c4ccccc4)cc3)nn2)[C@H]2O[C@@H](n3ccc(=O)[nH]c3=O)[C@H](O)[C@@H]2O)[C@H](O)[C@@H]1O. The number of nitrogens with zero attached hydrogens (tertiary/aromatic N) is 4. The Labute approximate surface area is 322 Å². The lowest BCUT2D eigenvalue weighted by Gasteiger charge is -2.28. The van der Waals surface area contributed by atoms with Crippen LogP contribution in [-0.2, 0) is 20.8 Å². The van der Waals surface area contributed by atoms with Crippen molar-refractivity contribution in [3.8, 4) is 5.75 Å². The van der Waals surface area contributed by atoms with E-state index < -0.39 is 66.5 Å². The number of aromatic amines is 1. The predicted molar refractivity (Wildman–Crippen MR) is 200 cm³/mol. The Morgan fingerprint density at radius 2 is 1.50 bits per heavy atom. The number of aryl methyl sites for hydroxylation is 1. The van der Waals surface area contributed by atoms with Crippen molar-refractivity contribution >= 4 is 5.78 Å². The van der Waals surface area contributed by atoms with Gasteiger partial charge in [-0.3, -0.25) is 23.8 Å². The molecule has 2 aromatic carbocycles. The van der Waals surface area contributed by atoms with Gasteiger partial charge in [0.2, 0.25) is 0 Å². The predicted octanol–water partition coefficient (Wildman–Crippen LogP) is 1.34. The Morgan fingerprint density at radius 1 is 0.821 bits per heavy atom. The van der Waals surface area contributed by atoms with Crippen LogP contribution in [0.25, 0.3) is 0 Å². The minimum Gasteiger partial charge on any atom is -0.494 e. The summed E-state index contributed by atoms with van der Waals surface area (Å²) in [6.45, 7) is 1.06. The van der Waals surface area contributed by atoms with Crippen LogP contribution in [0.15, 0.2) is 82.6 Å². The molecular weight excluding hydrogens is 728 g/mol. The third-order valence-electron chi connectivity index (χ3n) is 10.1. The van der Waals surface area contributed by atoms with Crippen molar-refractivity contribution in [1.82, 2.24) is 24.5 Å². The fourth-order valence-electron chi connectivity index (χ4n) is 6.91. The Hall–Kier alpha value is -4.59. The smallest absolute Gasteiger partial charge is 0.330 e. The van der Waals surface area contributed by atoms with Crippen LogP contribution in [0, 0.1) is 0 Å². The number of unbranched alkanes of at least 4 members (excludes halogenated alkanes) is 7. The van der Waals surface area contributed by atoms with Gasteiger partial charge in [-0.1, -0.05) is 74.1 Å². The van der Waals surface area contributed by atoms with Crippen molar-refractivity contribution in [2.75, 3.05) is 13.2 Å². The molecule has 7 N–H and O–H groups in total. The zero-order valence-electron chi connectivity index (χ0n) is 30.9. The number of rotatable bonds is 20. The second-order valence-corrected chi connectivity index (χ2v) is 14.1. The number of ether oxygens (including phenoxy) is 4. The number of hydrogen-bond donors (Lipinski definition) is 6. The molecule has 0 spiro atoms. The minimum absolute atomic E-state index is 0.0132. The number of ketones is 1. The number of aliphatic hydroxyl groups excluding tert-OH is 4. The molecule has 17 heteroatoms. The molecule has 4 heterocycles. The highest BCUT2D eigenvalue weighted by atomic mass is 16.7. The number of nitrogens with two attached hydrogens (primary N) is 1. The summed E-state index contributed by atoms with van der Waals surface area (Å²) in [5.74, 6) is 0.734. The Bertz CT molecular complexity index is 1950. The fourth-order valence-corrected chi connectivity index (χ4v) is 6.91. The molecular formula is C39H50N6O11. The van der Waals surface area contributed by atoms with Crippen LogP contribution >= 0.6 is 0 Å². The summed E-state index contributed by atoms with van der Waals surface area (Å²) >= 11 is 0. The highest BCUT2D eigenvalue weighted by Crippen LogP contribution is 2.39. The molecule has 0 radical (unpaired) electrons. The van der Waals surface area contributed by atoms with Crippen molar-refractivity contribution in [1.29, 1.82) is 0 Å². The van der Waals surface area contributed by atoms with Crippen LogP contribution in [0.2, 0.25) is 0 Å². The van der Waals surface area contributed by atoms with Gasteiger partial charge in [0.1, 0.15) is 54.2 Å². The zero-order valence-corrected chi connectivity index (χ0v) is 30.9. The van der Waals surface area contributed by atoms with Crippen LogP contribution < -0.4 is 21.7 Å². The molecule has 0 amide bonds. The fraction of sp³-hybridized carbons (Fsp3) is 0.513. The summed E-state index contributed by atoms with van der Waals surface area (Å²) < 4.78 is 26.1. The molecule has 302 valence electrons. The Kier molecular flexibility index (Phi) is 14.3. The number of H-pyrrole nitrogens is 1. The van der Waals surface area contributed by atoms with Gasteiger partial charge in [0.05, 0.1) is 12.8 Å². The molecule has 2 aliphatic heterocycles. The van der Waals surface area contributed by atoms with Crippen LogP contribution in [0.1, 0.15) is 85.3 Å². The number of carbonyl (C=O) groups is 1. The number of hydrogen-bond acceptors (Lipinski definition) is 14. The molecule has 4 aromatic rings. The molecule has 2 saturated heterocycles. The molecule has 6 rings (SSSR count). The van der Waals surface area contributed by atoms with Gasteiger partial charge in [-0.15, -0.1) is 5.10 Å². The molecule has 0 bridgehead atoms. The van der Waals surface area contributed by atoms with E-state index >= 15 is 0 Å². The van der Waals surface area contributed by atoms with Gasteiger partial charge in [-0.2, -0.15) is 0 Å². The maximum absolute atomic E-state index is 12.6. The van der Waals surface area contributed by atoms with Crippen molar-refractivity contribution in [2.45, 2.75) is 113 Å². The summed E-state index contributed by atoms with van der Waals surface area (Å²) in [5, 5.41) is 51.4. The van der Waals surface area contributed by atoms with E-state index in [1.54, 1.807) is 35.1 Å². The van der Waals surface area contributed by atoms with Gasteiger partial charge in [-0.25, -0.2) is 4.79 Å². The summed E-state index contributed by atoms with van der Waals surface area (Å²) in [5.41, 5.74) is 5.64. The molecule has 2 fully saturated rings. The Balaban J connectivity index is 0.930. The summed E-state index contributed by atoms with van der Waals surface area (Å²) in [4.78, 5) is 38.7. The van der Waals surface area contributed by atoms with Crippen LogP contribution in [0.4, 0.5) is 0 Å². The van der Waals surface area contributed by atoms with Crippen LogP contribution in [0.5, 0.6) is 5.75 Å². The molecule has 17 nitrogen and oxygen atoms in total. The first kappa shape index (κ1) is 41.1. The maximum Gasteiger partial charge on any atom is 0.330 e. The first-order valence-electron chi connectivity index (χ1n) is 19.1. The standard InChI is InChI=1S/C39H50N6O11/c40-22-28-31(48)34(51)38(54-28)56-35(36-32(49)33(50)37(55-36)45-20-18-29(46)41-39(45)52)27-23-44(43-42-27)19-10-5-3-1-2-4-6-11-21-53-26-16-14-25(15-17-26)30(47)24-12-8-7-9-13-24/h7-9,12-18,20,23,28,31-38,48-51H,1-6,10-11,19,21-22,40H2,(H,41,46,52)/t28-,31-,32+,33-,34-,35+,36+,37-,38+/m1/s1. The largest absolute Gasteiger partial charge is 0.494 e. The highest BCUT2D eigenvalue weighted by molar-refractivity contribution is 6.08. The summed E-state index contributed by atoms with van der Waals surface area (Å²) in [6, 6.07) is 17.5. The lowest BCUT2D eigenvalue weighted by Crippen LogP contribution is -2.40. The quantitative estimate of drug-likeness (QED) is 0.0548. The van der Waals surface area contributed by atoms with E-state index in [0.717, 1.165) is 73.9 Å². The molecule has 0 aliphatic carbocycles. The molecule has 0 unspecified atom stereocenters. The van der Waals surface area contributed by atoms with Crippen molar-refractivity contribution in [3.05, 3.63) is 111 Å². The monoisotopic (exact) mass is 778 g/mol. The average Bonchev–Trinajstić information content (AvgIpc) is 3.88. The normalized spacial score (nSPS) is 25.4. The molecule has 2 aliphatic rings. The minimum atomic E-state index is -1.61. The second kappa shape index (κ2) is 19.5. The first-order chi connectivity index (χ1) is 27.1. The number of nitrogens with one attached hydrogen (secondary N) is 1. The van der Waals surface area contributed by atoms with E-state index in [-0.39, 0.29) is 18.0 Å². The van der Waals surface area contributed by atoms with Crippen LogP contribution in [0.3, 0.4) is 0 Å². The van der Waals surface area contributed by atoms with Crippen molar-refractivity contribution < 1.29 is 44.2 Å². The van der Waals surface area contributed by atoms with Gasteiger partial charge in [0.25, 0.3) is 5.56 Å². The third-order valence-corrected chi connectivity index (χ3v) is 10.1. The lowest BCUT2D eigenvalue weighted by molar-refractivity contribution is -0.224. The highest BCUT2D eigenvalue weighted by Gasteiger charge is 2.52. The van der Waals surface area contributed by atoms with E-state index in [1.165, 1.54) is 0 Å². The molecule has 9 atom stereocenters. The molecule has 56 heavy (non-hydrogen) atoms. The topological polar surface area (TPSA) is 246 Å². The van der Waals surface area contributed by atoms with E-state index in [0.29, 0.717) is 24.3 Å². The molecule has 2 aromatic heterocycles. The number of carbonyl (C=O) groups excluding carboxylic acids is 1. The van der Waals surface area contributed by atoms with Gasteiger partial charge in [-0.05, 0) is 37.1 Å². The van der Waals surface area contributed by atoms with Crippen LogP contribution in [-0.4, -0.2) is 107 Å². The van der Waals surface area contributed by atoms with Gasteiger partial charge in [0.15, 0.2) is 18.3 Å². The van der Waals surface area contributed by atoms with E-state index in [1.807, 2.05) is 30.3 Å². The number of benzene rings is 2. The van der Waals surface area contributed by atoms with Crippen molar-refractivity contribution in [2.24, 2.45) is 5.73 Å². The summed E-state index contributed by atoms with van der Waals surface area (Å²) in [7, 11) is 0. The van der Waals surface area contributed by atoms with Gasteiger partial charge < -0.3 is 45.1 Å². The van der Waals surface area contributed by atoms with E-state index in [4.69, 9.17) is 24.7 Å². The summed E-state index contributed by atoms with van der Waals surface area (Å²) in [6.07, 6.45) is -1.47. The lowest BCUT2D eigenvalue weighted by atomic mass is 10.0. The number of aliphatic hydroxyl groups is 4. The van der Waals surface area contributed by atoms with Gasteiger partial charge in [0, 0.05) is 36.5 Å². The maximum atomic E-state index is 12.6. The van der Waals surface area contributed by atoms with E-state index in [2.05, 4.69) is 15.3 Å². The van der Waals surface area contributed by atoms with Gasteiger partial charge >= 0.3 is 5.69 Å². The van der Waals surface area contributed by atoms with Crippen molar-refractivity contribution in [3.63, 3.8) is 0 Å². The average molecular weight is 779 g/mol. The zero-order chi connectivity index (χ0) is 39.6. The number of aromatic nitrogens is 5. The third kappa shape index (κ3) is 10.0. The second-order valence-electron chi connectivity index (χ2n) is 14.1.